The standard InChI is InChI=1S/C21H25N7/c1-16-22-7-6-20(25-16)27-12-10-26(11-13-27)17-4-5-19-18(14-17)21(24-15-23-19)28-8-2-3-9-28/h4-7,14-15H,2-3,8-13H2,1H3. The summed E-state index contributed by atoms with van der Waals surface area (Å²) in [6.07, 6.45) is 6.02. The average molecular weight is 375 g/mol. The van der Waals surface area contributed by atoms with E-state index >= 15 is 0 Å². The SMILES string of the molecule is Cc1nccc(N2CCN(c3ccc4ncnc(N5CCCC5)c4c3)CC2)n1. The number of fused-ring (bicyclic) bond motifs is 1. The number of anilines is 3. The van der Waals surface area contributed by atoms with Gasteiger partial charge in [0.15, 0.2) is 0 Å². The molecule has 0 unspecified atom stereocenters. The van der Waals surface area contributed by atoms with Gasteiger partial charge < -0.3 is 14.7 Å². The normalized spacial score (nSPS) is 17.5. The molecule has 28 heavy (non-hydrogen) atoms. The molecule has 2 aromatic heterocycles. The van der Waals surface area contributed by atoms with Gasteiger partial charge in [-0.2, -0.15) is 0 Å². The number of piperazine rings is 1. The van der Waals surface area contributed by atoms with Crippen molar-refractivity contribution in [3.05, 3.63) is 42.6 Å². The van der Waals surface area contributed by atoms with E-state index in [2.05, 4.69) is 52.8 Å². The molecule has 7 heteroatoms. The molecule has 3 aromatic rings. The Hall–Kier alpha value is -2.96. The van der Waals surface area contributed by atoms with E-state index in [4.69, 9.17) is 0 Å². The first-order valence-corrected chi connectivity index (χ1v) is 10.1. The predicted octanol–water partition coefficient (Wildman–Crippen LogP) is 2.66. The van der Waals surface area contributed by atoms with Crippen LogP contribution in [0.4, 0.5) is 17.3 Å². The topological polar surface area (TPSA) is 61.3 Å². The number of benzene rings is 1. The first-order chi connectivity index (χ1) is 13.8. The third kappa shape index (κ3) is 3.21. The van der Waals surface area contributed by atoms with Crippen LogP contribution in [0.5, 0.6) is 0 Å². The number of hydrogen-bond donors (Lipinski definition) is 0. The van der Waals surface area contributed by atoms with Gasteiger partial charge in [-0.05, 0) is 44.0 Å². The molecular weight excluding hydrogens is 350 g/mol. The van der Waals surface area contributed by atoms with Gasteiger partial charge in [0.1, 0.15) is 23.8 Å². The molecule has 0 aliphatic carbocycles. The fraction of sp³-hybridized carbons (Fsp3) is 0.429. The van der Waals surface area contributed by atoms with Crippen LogP contribution < -0.4 is 14.7 Å². The molecular formula is C21H25N7. The van der Waals surface area contributed by atoms with Crippen LogP contribution in [0.1, 0.15) is 18.7 Å². The lowest BCUT2D eigenvalue weighted by Gasteiger charge is -2.37. The van der Waals surface area contributed by atoms with E-state index in [0.29, 0.717) is 0 Å². The second-order valence-electron chi connectivity index (χ2n) is 7.53. The Morgan fingerprint density at radius 3 is 2.36 bits per heavy atom. The second-order valence-corrected chi connectivity index (χ2v) is 7.53. The molecule has 0 atom stereocenters. The molecule has 2 fully saturated rings. The molecule has 4 heterocycles. The Kier molecular flexibility index (Phi) is 4.43. The summed E-state index contributed by atoms with van der Waals surface area (Å²) in [5.41, 5.74) is 2.28. The van der Waals surface area contributed by atoms with Gasteiger partial charge in [0.05, 0.1) is 5.52 Å². The van der Waals surface area contributed by atoms with Crippen LogP contribution >= 0.6 is 0 Å². The highest BCUT2D eigenvalue weighted by molar-refractivity contribution is 5.92. The summed E-state index contributed by atoms with van der Waals surface area (Å²) < 4.78 is 0. The van der Waals surface area contributed by atoms with E-state index in [1.165, 1.54) is 18.5 Å². The summed E-state index contributed by atoms with van der Waals surface area (Å²) in [4.78, 5) is 25.0. The number of aromatic nitrogens is 4. The van der Waals surface area contributed by atoms with E-state index in [1.807, 2.05) is 19.2 Å². The number of aryl methyl sites for hydroxylation is 1. The van der Waals surface area contributed by atoms with Gasteiger partial charge in [-0.25, -0.2) is 19.9 Å². The Morgan fingerprint density at radius 2 is 1.57 bits per heavy atom. The molecule has 2 aliphatic rings. The van der Waals surface area contributed by atoms with Crippen LogP contribution in [-0.2, 0) is 0 Å². The van der Waals surface area contributed by atoms with Crippen molar-refractivity contribution in [2.45, 2.75) is 19.8 Å². The van der Waals surface area contributed by atoms with Crippen molar-refractivity contribution in [2.75, 3.05) is 54.0 Å². The summed E-state index contributed by atoms with van der Waals surface area (Å²) in [6.45, 7) is 7.98. The van der Waals surface area contributed by atoms with E-state index in [-0.39, 0.29) is 0 Å². The maximum absolute atomic E-state index is 4.61. The molecule has 144 valence electrons. The van der Waals surface area contributed by atoms with Gasteiger partial charge in [0.25, 0.3) is 0 Å². The minimum Gasteiger partial charge on any atom is -0.368 e. The minimum absolute atomic E-state index is 0.823. The maximum atomic E-state index is 4.61. The fourth-order valence-electron chi connectivity index (χ4n) is 4.22. The molecule has 1 aromatic carbocycles. The quantitative estimate of drug-likeness (QED) is 0.697. The van der Waals surface area contributed by atoms with E-state index in [1.54, 1.807) is 6.33 Å². The predicted molar refractivity (Wildman–Crippen MR) is 112 cm³/mol. The third-order valence-corrected chi connectivity index (χ3v) is 5.73. The van der Waals surface area contributed by atoms with Crippen molar-refractivity contribution in [1.82, 2.24) is 19.9 Å². The first-order valence-electron chi connectivity index (χ1n) is 10.1. The van der Waals surface area contributed by atoms with Crippen LogP contribution in [-0.4, -0.2) is 59.2 Å². The summed E-state index contributed by atoms with van der Waals surface area (Å²) in [6, 6.07) is 8.59. The Bertz CT molecular complexity index is 975. The van der Waals surface area contributed by atoms with Crippen LogP contribution in [0.25, 0.3) is 10.9 Å². The highest BCUT2D eigenvalue weighted by Gasteiger charge is 2.21. The lowest BCUT2D eigenvalue weighted by Crippen LogP contribution is -2.46. The lowest BCUT2D eigenvalue weighted by atomic mass is 10.1. The van der Waals surface area contributed by atoms with Crippen molar-refractivity contribution in [3.8, 4) is 0 Å². The van der Waals surface area contributed by atoms with Crippen molar-refractivity contribution in [2.24, 2.45) is 0 Å². The molecule has 0 spiro atoms. The van der Waals surface area contributed by atoms with E-state index < -0.39 is 0 Å². The molecule has 0 saturated carbocycles. The van der Waals surface area contributed by atoms with Crippen LogP contribution in [0.2, 0.25) is 0 Å². The van der Waals surface area contributed by atoms with Gasteiger partial charge in [-0.3, -0.25) is 0 Å². The highest BCUT2D eigenvalue weighted by Crippen LogP contribution is 2.30. The van der Waals surface area contributed by atoms with Crippen molar-refractivity contribution >= 4 is 28.2 Å². The van der Waals surface area contributed by atoms with Crippen LogP contribution in [0.15, 0.2) is 36.8 Å². The van der Waals surface area contributed by atoms with E-state index in [0.717, 1.165) is 67.6 Å². The minimum atomic E-state index is 0.823. The monoisotopic (exact) mass is 375 g/mol. The van der Waals surface area contributed by atoms with Crippen molar-refractivity contribution in [3.63, 3.8) is 0 Å². The highest BCUT2D eigenvalue weighted by atomic mass is 15.3. The van der Waals surface area contributed by atoms with Crippen LogP contribution in [0, 0.1) is 6.92 Å². The average Bonchev–Trinajstić information content (AvgIpc) is 3.28. The van der Waals surface area contributed by atoms with Gasteiger partial charge in [-0.15, -0.1) is 0 Å². The summed E-state index contributed by atoms with van der Waals surface area (Å²) in [5, 5.41) is 1.16. The Morgan fingerprint density at radius 1 is 0.786 bits per heavy atom. The molecule has 0 amide bonds. The first kappa shape index (κ1) is 17.2. The van der Waals surface area contributed by atoms with Gasteiger partial charge in [0.2, 0.25) is 0 Å². The summed E-state index contributed by atoms with van der Waals surface area (Å²) >= 11 is 0. The molecule has 0 radical (unpaired) electrons. The lowest BCUT2D eigenvalue weighted by molar-refractivity contribution is 0.646. The largest absolute Gasteiger partial charge is 0.368 e. The second kappa shape index (κ2) is 7.22. The van der Waals surface area contributed by atoms with Gasteiger partial charge in [0, 0.05) is 56.5 Å². The van der Waals surface area contributed by atoms with Gasteiger partial charge >= 0.3 is 0 Å². The Labute approximate surface area is 165 Å². The zero-order valence-electron chi connectivity index (χ0n) is 16.3. The molecule has 2 saturated heterocycles. The van der Waals surface area contributed by atoms with Crippen molar-refractivity contribution in [1.29, 1.82) is 0 Å². The van der Waals surface area contributed by atoms with Gasteiger partial charge in [-0.1, -0.05) is 0 Å². The maximum Gasteiger partial charge on any atom is 0.139 e. The molecule has 7 nitrogen and oxygen atoms in total. The third-order valence-electron chi connectivity index (χ3n) is 5.73. The number of hydrogen-bond acceptors (Lipinski definition) is 7. The summed E-state index contributed by atoms with van der Waals surface area (Å²) in [5.74, 6) is 2.93. The zero-order chi connectivity index (χ0) is 18.9. The number of nitrogens with zero attached hydrogens (tertiary/aromatic N) is 7. The molecule has 0 N–H and O–H groups in total. The fourth-order valence-corrected chi connectivity index (χ4v) is 4.22. The number of rotatable bonds is 3. The van der Waals surface area contributed by atoms with Crippen molar-refractivity contribution < 1.29 is 0 Å². The van der Waals surface area contributed by atoms with E-state index in [9.17, 15) is 0 Å². The molecule has 5 rings (SSSR count). The summed E-state index contributed by atoms with van der Waals surface area (Å²) in [7, 11) is 0. The molecule has 0 bridgehead atoms. The Balaban J connectivity index is 1.37. The smallest absolute Gasteiger partial charge is 0.139 e. The zero-order valence-corrected chi connectivity index (χ0v) is 16.3. The van der Waals surface area contributed by atoms with Crippen LogP contribution in [0.3, 0.4) is 0 Å². The molecule has 2 aliphatic heterocycles.